The first kappa shape index (κ1) is 17.9. The highest BCUT2D eigenvalue weighted by atomic mass is 79.9. The third-order valence-electron chi connectivity index (χ3n) is 2.42. The van der Waals surface area contributed by atoms with Gasteiger partial charge in [-0.15, -0.1) is 0 Å². The van der Waals surface area contributed by atoms with Crippen molar-refractivity contribution in [2.24, 2.45) is 0 Å². The molecule has 2 unspecified atom stereocenters. The van der Waals surface area contributed by atoms with E-state index >= 15 is 0 Å². The fourth-order valence-electron chi connectivity index (χ4n) is 1.31. The van der Waals surface area contributed by atoms with Gasteiger partial charge in [-0.1, -0.05) is 44.7 Å². The van der Waals surface area contributed by atoms with E-state index in [0.717, 1.165) is 38.8 Å². The molecule has 0 bridgehead atoms. The van der Waals surface area contributed by atoms with E-state index < -0.39 is 0 Å². The van der Waals surface area contributed by atoms with Crippen LogP contribution in [0.2, 0.25) is 0 Å². The summed E-state index contributed by atoms with van der Waals surface area (Å²) in [4.78, 5) is 22.2. The Morgan fingerprint density at radius 3 is 1.44 bits per heavy atom. The smallest absolute Gasteiger partial charge is 0.233 e. The molecule has 0 saturated carbocycles. The summed E-state index contributed by atoms with van der Waals surface area (Å²) in [5, 5.41) is 5.69. The Morgan fingerprint density at radius 2 is 1.17 bits per heavy atom. The van der Waals surface area contributed by atoms with Gasteiger partial charge in [0.15, 0.2) is 0 Å². The van der Waals surface area contributed by atoms with Crippen molar-refractivity contribution in [1.82, 2.24) is 10.6 Å². The third-order valence-corrected chi connectivity index (χ3v) is 3.26. The van der Waals surface area contributed by atoms with Gasteiger partial charge in [-0.05, 0) is 26.7 Å². The number of hydrogen-bond donors (Lipinski definition) is 2. The lowest BCUT2D eigenvalue weighted by atomic mass is 10.2. The van der Waals surface area contributed by atoms with Gasteiger partial charge >= 0.3 is 0 Å². The van der Waals surface area contributed by atoms with Gasteiger partial charge in [0.25, 0.3) is 0 Å². The van der Waals surface area contributed by atoms with Crippen LogP contribution in [0.1, 0.15) is 39.5 Å². The van der Waals surface area contributed by atoms with Crippen molar-refractivity contribution in [2.45, 2.75) is 49.2 Å². The van der Waals surface area contributed by atoms with Crippen LogP contribution in [0.4, 0.5) is 0 Å². The first-order valence-electron chi connectivity index (χ1n) is 6.28. The van der Waals surface area contributed by atoms with Gasteiger partial charge in [0.1, 0.15) is 0 Å². The molecule has 0 spiro atoms. The van der Waals surface area contributed by atoms with Crippen LogP contribution in [0.15, 0.2) is 0 Å². The Labute approximate surface area is 126 Å². The molecule has 0 saturated heterocycles. The first-order valence-corrected chi connectivity index (χ1v) is 8.12. The minimum absolute atomic E-state index is 0.0357. The number of nitrogens with one attached hydrogen (secondary N) is 2. The maximum Gasteiger partial charge on any atom is 0.233 e. The summed E-state index contributed by atoms with van der Waals surface area (Å²) in [5.41, 5.74) is 0. The zero-order chi connectivity index (χ0) is 14.0. The van der Waals surface area contributed by atoms with E-state index in [9.17, 15) is 9.59 Å². The molecule has 0 rings (SSSR count). The molecular formula is C12H22Br2N2O2. The Morgan fingerprint density at radius 1 is 0.833 bits per heavy atom. The highest BCUT2D eigenvalue weighted by Gasteiger charge is 2.07. The maximum atomic E-state index is 11.2. The third kappa shape index (κ3) is 9.88. The number of carbonyl (C=O) groups is 2. The van der Waals surface area contributed by atoms with Crippen molar-refractivity contribution in [3.8, 4) is 0 Å². The van der Waals surface area contributed by atoms with E-state index in [0.29, 0.717) is 0 Å². The molecule has 0 aromatic carbocycles. The Bertz CT molecular complexity index is 232. The molecule has 2 atom stereocenters. The van der Waals surface area contributed by atoms with E-state index in [-0.39, 0.29) is 21.5 Å². The lowest BCUT2D eigenvalue weighted by Gasteiger charge is -2.07. The molecule has 0 aliphatic carbocycles. The maximum absolute atomic E-state index is 11.2. The van der Waals surface area contributed by atoms with Gasteiger partial charge in [0, 0.05) is 13.1 Å². The van der Waals surface area contributed by atoms with Gasteiger partial charge in [0.2, 0.25) is 11.8 Å². The number of amides is 2. The van der Waals surface area contributed by atoms with Crippen LogP contribution in [-0.2, 0) is 9.59 Å². The van der Waals surface area contributed by atoms with Gasteiger partial charge in [0.05, 0.1) is 9.65 Å². The van der Waals surface area contributed by atoms with Crippen LogP contribution in [0.5, 0.6) is 0 Å². The highest BCUT2D eigenvalue weighted by molar-refractivity contribution is 9.10. The monoisotopic (exact) mass is 384 g/mol. The van der Waals surface area contributed by atoms with Crippen molar-refractivity contribution in [1.29, 1.82) is 0 Å². The lowest BCUT2D eigenvalue weighted by Crippen LogP contribution is -2.30. The minimum Gasteiger partial charge on any atom is -0.355 e. The topological polar surface area (TPSA) is 58.2 Å². The average Bonchev–Trinajstić information content (AvgIpc) is 2.31. The molecule has 0 aliphatic heterocycles. The van der Waals surface area contributed by atoms with Gasteiger partial charge in [-0.2, -0.15) is 0 Å². The standard InChI is InChI=1S/C12H22Br2N2O2/c1-9(13)11(17)15-7-5-3-4-6-8-16-12(18)10(2)14/h9-10H,3-8H2,1-2H3,(H,15,17)(H,16,18). The second-order valence-electron chi connectivity index (χ2n) is 4.23. The lowest BCUT2D eigenvalue weighted by molar-refractivity contribution is -0.121. The Balaban J connectivity index is 3.27. The highest BCUT2D eigenvalue weighted by Crippen LogP contribution is 2.01. The van der Waals surface area contributed by atoms with Crippen molar-refractivity contribution < 1.29 is 9.59 Å². The second-order valence-corrected chi connectivity index (χ2v) is 6.98. The molecule has 18 heavy (non-hydrogen) atoms. The number of rotatable bonds is 9. The molecule has 106 valence electrons. The summed E-state index contributed by atoms with van der Waals surface area (Å²) in [6.07, 6.45) is 4.09. The quantitative estimate of drug-likeness (QED) is 0.472. The Hall–Kier alpha value is -0.100. The zero-order valence-electron chi connectivity index (χ0n) is 11.0. The summed E-state index contributed by atoms with van der Waals surface area (Å²) >= 11 is 6.42. The van der Waals surface area contributed by atoms with Crippen LogP contribution in [-0.4, -0.2) is 34.6 Å². The summed E-state index contributed by atoms with van der Waals surface area (Å²) < 4.78 is 0. The first-order chi connectivity index (χ1) is 8.45. The average molecular weight is 386 g/mol. The second kappa shape index (κ2) is 10.8. The summed E-state index contributed by atoms with van der Waals surface area (Å²) in [6.45, 7) is 5.06. The van der Waals surface area contributed by atoms with E-state index in [1.165, 1.54) is 0 Å². The molecular weight excluding hydrogens is 364 g/mol. The van der Waals surface area contributed by atoms with Crippen LogP contribution in [0, 0.1) is 0 Å². The molecule has 2 N–H and O–H groups in total. The van der Waals surface area contributed by atoms with Crippen molar-refractivity contribution in [3.05, 3.63) is 0 Å². The van der Waals surface area contributed by atoms with Crippen LogP contribution < -0.4 is 10.6 Å². The van der Waals surface area contributed by atoms with Crippen LogP contribution in [0.3, 0.4) is 0 Å². The summed E-state index contributed by atoms with van der Waals surface area (Å²) in [6, 6.07) is 0. The SMILES string of the molecule is CC(Br)C(=O)NCCCCCCNC(=O)C(C)Br. The van der Waals surface area contributed by atoms with Crippen molar-refractivity contribution >= 4 is 43.7 Å². The molecule has 6 heteroatoms. The number of hydrogen-bond acceptors (Lipinski definition) is 2. The van der Waals surface area contributed by atoms with Gasteiger partial charge < -0.3 is 10.6 Å². The number of carbonyl (C=O) groups excluding carboxylic acids is 2. The minimum atomic E-state index is -0.126. The van der Waals surface area contributed by atoms with E-state index in [2.05, 4.69) is 42.5 Å². The van der Waals surface area contributed by atoms with E-state index in [4.69, 9.17) is 0 Å². The fourth-order valence-corrected chi connectivity index (χ4v) is 1.63. The molecule has 4 nitrogen and oxygen atoms in total. The predicted octanol–water partition coefficient (Wildman–Crippen LogP) is 2.35. The molecule has 0 fully saturated rings. The number of unbranched alkanes of at least 4 members (excludes halogenated alkanes) is 3. The number of halogens is 2. The van der Waals surface area contributed by atoms with Crippen molar-refractivity contribution in [3.63, 3.8) is 0 Å². The molecule has 2 amide bonds. The molecule has 0 aliphatic rings. The molecule has 0 heterocycles. The van der Waals surface area contributed by atoms with Gasteiger partial charge in [-0.3, -0.25) is 9.59 Å². The van der Waals surface area contributed by atoms with Crippen LogP contribution >= 0.6 is 31.9 Å². The normalized spacial score (nSPS) is 13.8. The Kier molecular flexibility index (Phi) is 10.7. The van der Waals surface area contributed by atoms with E-state index in [1.807, 2.05) is 13.8 Å². The van der Waals surface area contributed by atoms with Gasteiger partial charge in [-0.25, -0.2) is 0 Å². The summed E-state index contributed by atoms with van der Waals surface area (Å²) in [5.74, 6) is 0.0714. The zero-order valence-corrected chi connectivity index (χ0v) is 14.1. The number of alkyl halides is 2. The molecule has 0 aromatic heterocycles. The van der Waals surface area contributed by atoms with Crippen LogP contribution in [0.25, 0.3) is 0 Å². The largest absolute Gasteiger partial charge is 0.355 e. The molecule has 0 aromatic rings. The predicted molar refractivity (Wildman–Crippen MR) is 81.3 cm³/mol. The van der Waals surface area contributed by atoms with E-state index in [1.54, 1.807) is 0 Å². The summed E-state index contributed by atoms with van der Waals surface area (Å²) in [7, 11) is 0. The van der Waals surface area contributed by atoms with Crippen molar-refractivity contribution in [2.75, 3.05) is 13.1 Å². The molecule has 0 radical (unpaired) electrons. The fraction of sp³-hybridized carbons (Fsp3) is 0.833.